The van der Waals surface area contributed by atoms with Crippen LogP contribution in [0.15, 0.2) is 41.6 Å². The molecular weight excluding hydrogens is 242 g/mol. The van der Waals surface area contributed by atoms with Crippen LogP contribution < -0.4 is 5.43 Å². The van der Waals surface area contributed by atoms with E-state index in [1.54, 1.807) is 6.20 Å². The van der Waals surface area contributed by atoms with Gasteiger partial charge >= 0.3 is 0 Å². The van der Waals surface area contributed by atoms with E-state index in [2.05, 4.69) is 15.5 Å². The molecule has 16 heavy (non-hydrogen) atoms. The third-order valence-corrected chi connectivity index (χ3v) is 3.27. The standard InChI is InChI=1S/C11H10ClN3S/c1-8(9-5-6-10(12)16-9)14-15-11-4-2-3-7-13-11/h2-7H,1H3,(H,13,15)/b14-8+. The number of hydrazone groups is 1. The number of rotatable bonds is 3. The van der Waals surface area contributed by atoms with Crippen molar-refractivity contribution in [1.29, 1.82) is 0 Å². The van der Waals surface area contributed by atoms with Gasteiger partial charge in [0, 0.05) is 6.20 Å². The van der Waals surface area contributed by atoms with E-state index in [4.69, 9.17) is 11.6 Å². The Labute approximate surface area is 103 Å². The number of thiophene rings is 1. The van der Waals surface area contributed by atoms with E-state index in [1.807, 2.05) is 37.3 Å². The Bertz CT molecular complexity index is 493. The fraction of sp³-hybridized carbons (Fsp3) is 0.0909. The lowest BCUT2D eigenvalue weighted by Crippen LogP contribution is -1.98. The lowest BCUT2D eigenvalue weighted by Gasteiger charge is -1.99. The molecule has 0 amide bonds. The van der Waals surface area contributed by atoms with Crippen molar-refractivity contribution in [3.8, 4) is 0 Å². The molecule has 3 nitrogen and oxygen atoms in total. The molecule has 82 valence electrons. The van der Waals surface area contributed by atoms with Crippen LogP contribution in [0.4, 0.5) is 5.82 Å². The summed E-state index contributed by atoms with van der Waals surface area (Å²) in [6.07, 6.45) is 1.72. The van der Waals surface area contributed by atoms with Gasteiger partial charge in [0.2, 0.25) is 0 Å². The molecule has 0 bridgehead atoms. The van der Waals surface area contributed by atoms with E-state index >= 15 is 0 Å². The van der Waals surface area contributed by atoms with Gasteiger partial charge in [0.15, 0.2) is 0 Å². The highest BCUT2D eigenvalue weighted by molar-refractivity contribution is 7.18. The van der Waals surface area contributed by atoms with Gasteiger partial charge in [-0.05, 0) is 31.2 Å². The maximum absolute atomic E-state index is 5.85. The number of nitrogens with zero attached hydrogens (tertiary/aromatic N) is 2. The molecule has 5 heteroatoms. The Morgan fingerprint density at radius 1 is 1.38 bits per heavy atom. The van der Waals surface area contributed by atoms with Crippen molar-refractivity contribution in [2.45, 2.75) is 6.92 Å². The summed E-state index contributed by atoms with van der Waals surface area (Å²) in [5.41, 5.74) is 3.78. The molecule has 0 unspecified atom stereocenters. The first-order valence-corrected chi connectivity index (χ1v) is 5.92. The van der Waals surface area contributed by atoms with Gasteiger partial charge in [-0.15, -0.1) is 11.3 Å². The zero-order valence-corrected chi connectivity index (χ0v) is 10.2. The molecule has 2 heterocycles. The molecule has 0 atom stereocenters. The predicted molar refractivity (Wildman–Crippen MR) is 69.4 cm³/mol. The smallest absolute Gasteiger partial charge is 0.146 e. The Balaban J connectivity index is 2.08. The molecule has 0 saturated carbocycles. The molecule has 0 aliphatic carbocycles. The summed E-state index contributed by atoms with van der Waals surface area (Å²) < 4.78 is 0.766. The van der Waals surface area contributed by atoms with Crippen LogP contribution in [-0.4, -0.2) is 10.7 Å². The van der Waals surface area contributed by atoms with E-state index in [0.29, 0.717) is 0 Å². The van der Waals surface area contributed by atoms with Crippen molar-refractivity contribution < 1.29 is 0 Å². The third-order valence-electron chi connectivity index (χ3n) is 1.93. The van der Waals surface area contributed by atoms with Crippen molar-refractivity contribution >= 4 is 34.5 Å². The van der Waals surface area contributed by atoms with E-state index in [9.17, 15) is 0 Å². The summed E-state index contributed by atoms with van der Waals surface area (Å²) in [6, 6.07) is 9.44. The normalized spacial score (nSPS) is 11.5. The second-order valence-corrected chi connectivity index (χ2v) is 4.84. The molecule has 0 saturated heterocycles. The highest BCUT2D eigenvalue weighted by atomic mass is 35.5. The molecular formula is C11H10ClN3S. The second-order valence-electron chi connectivity index (χ2n) is 3.13. The Morgan fingerprint density at radius 2 is 2.25 bits per heavy atom. The van der Waals surface area contributed by atoms with E-state index in [0.717, 1.165) is 20.7 Å². The number of halogens is 1. The highest BCUT2D eigenvalue weighted by Gasteiger charge is 2.01. The lowest BCUT2D eigenvalue weighted by atomic mass is 10.3. The lowest BCUT2D eigenvalue weighted by molar-refractivity contribution is 1.22. The van der Waals surface area contributed by atoms with Crippen LogP contribution in [0.25, 0.3) is 0 Å². The van der Waals surface area contributed by atoms with Crippen molar-refractivity contribution in [3.63, 3.8) is 0 Å². The van der Waals surface area contributed by atoms with Gasteiger partial charge in [0.25, 0.3) is 0 Å². The van der Waals surface area contributed by atoms with Crippen molar-refractivity contribution in [3.05, 3.63) is 45.7 Å². The fourth-order valence-electron chi connectivity index (χ4n) is 1.13. The summed E-state index contributed by atoms with van der Waals surface area (Å²) in [5, 5.41) is 4.23. The number of hydrogen-bond donors (Lipinski definition) is 1. The fourth-order valence-corrected chi connectivity index (χ4v) is 2.12. The minimum atomic E-state index is 0.726. The van der Waals surface area contributed by atoms with Crippen LogP contribution in [-0.2, 0) is 0 Å². The molecule has 1 N–H and O–H groups in total. The van der Waals surface area contributed by atoms with Gasteiger partial charge < -0.3 is 0 Å². The van der Waals surface area contributed by atoms with Gasteiger partial charge in [0.05, 0.1) is 14.9 Å². The van der Waals surface area contributed by atoms with Gasteiger partial charge in [-0.2, -0.15) is 5.10 Å². The molecule has 0 radical (unpaired) electrons. The van der Waals surface area contributed by atoms with E-state index in [1.165, 1.54) is 11.3 Å². The number of hydrogen-bond acceptors (Lipinski definition) is 4. The largest absolute Gasteiger partial charge is 0.261 e. The minimum Gasteiger partial charge on any atom is -0.261 e. The number of pyridine rings is 1. The molecule has 2 aromatic heterocycles. The summed E-state index contributed by atoms with van der Waals surface area (Å²) in [6.45, 7) is 1.93. The van der Waals surface area contributed by atoms with Crippen LogP contribution in [0.5, 0.6) is 0 Å². The highest BCUT2D eigenvalue weighted by Crippen LogP contribution is 2.21. The quantitative estimate of drug-likeness (QED) is 0.668. The van der Waals surface area contributed by atoms with Crippen molar-refractivity contribution in [1.82, 2.24) is 4.98 Å². The summed E-state index contributed by atoms with van der Waals surface area (Å²) in [5.74, 6) is 0.726. The molecule has 0 fully saturated rings. The van der Waals surface area contributed by atoms with Crippen molar-refractivity contribution in [2.24, 2.45) is 5.10 Å². The number of anilines is 1. The molecule has 2 aromatic rings. The summed E-state index contributed by atoms with van der Waals surface area (Å²) in [7, 11) is 0. The first-order chi connectivity index (χ1) is 7.75. The van der Waals surface area contributed by atoms with Crippen LogP contribution in [0.3, 0.4) is 0 Å². The Morgan fingerprint density at radius 3 is 2.88 bits per heavy atom. The van der Waals surface area contributed by atoms with Crippen LogP contribution in [0.2, 0.25) is 4.34 Å². The maximum Gasteiger partial charge on any atom is 0.146 e. The average molecular weight is 252 g/mol. The minimum absolute atomic E-state index is 0.726. The zero-order chi connectivity index (χ0) is 11.4. The summed E-state index contributed by atoms with van der Waals surface area (Å²) in [4.78, 5) is 5.16. The monoisotopic (exact) mass is 251 g/mol. The van der Waals surface area contributed by atoms with Gasteiger partial charge in [-0.25, -0.2) is 4.98 Å². The van der Waals surface area contributed by atoms with E-state index in [-0.39, 0.29) is 0 Å². The predicted octanol–water partition coefficient (Wildman–Crippen LogP) is 3.63. The summed E-state index contributed by atoms with van der Waals surface area (Å²) >= 11 is 7.36. The van der Waals surface area contributed by atoms with E-state index < -0.39 is 0 Å². The zero-order valence-electron chi connectivity index (χ0n) is 8.64. The van der Waals surface area contributed by atoms with Gasteiger partial charge in [0.1, 0.15) is 5.82 Å². The molecule has 0 aromatic carbocycles. The topological polar surface area (TPSA) is 37.3 Å². The molecule has 2 rings (SSSR count). The Kier molecular flexibility index (Phi) is 3.54. The van der Waals surface area contributed by atoms with Gasteiger partial charge in [-0.3, -0.25) is 5.43 Å². The third kappa shape index (κ3) is 2.81. The maximum atomic E-state index is 5.85. The average Bonchev–Trinajstić information content (AvgIpc) is 2.74. The molecule has 0 aliphatic heterocycles. The SMILES string of the molecule is C/C(=N\Nc1ccccn1)c1ccc(Cl)s1. The van der Waals surface area contributed by atoms with Crippen LogP contribution in [0, 0.1) is 0 Å². The first kappa shape index (κ1) is 11.1. The van der Waals surface area contributed by atoms with Crippen LogP contribution >= 0.6 is 22.9 Å². The van der Waals surface area contributed by atoms with Gasteiger partial charge in [-0.1, -0.05) is 17.7 Å². The second kappa shape index (κ2) is 5.09. The number of nitrogens with one attached hydrogen (secondary N) is 1. The Hall–Kier alpha value is -1.39. The van der Waals surface area contributed by atoms with Crippen molar-refractivity contribution in [2.75, 3.05) is 5.43 Å². The first-order valence-electron chi connectivity index (χ1n) is 4.73. The molecule has 0 aliphatic rings. The van der Waals surface area contributed by atoms with Crippen LogP contribution in [0.1, 0.15) is 11.8 Å². The molecule has 0 spiro atoms. The number of aromatic nitrogens is 1.